The van der Waals surface area contributed by atoms with Crippen LogP contribution in [0.3, 0.4) is 0 Å². The van der Waals surface area contributed by atoms with Gasteiger partial charge in [-0.15, -0.1) is 0 Å². The summed E-state index contributed by atoms with van der Waals surface area (Å²) in [6.45, 7) is 1.99. The average molecular weight is 518 g/mol. The summed E-state index contributed by atoms with van der Waals surface area (Å²) in [5.74, 6) is 0. The number of nitrogens with zero attached hydrogens (tertiary/aromatic N) is 5. The number of aromatic nitrogens is 5. The van der Waals surface area contributed by atoms with Crippen molar-refractivity contribution < 1.29 is 18.0 Å². The molecule has 0 aliphatic heterocycles. The third kappa shape index (κ3) is 5.31. The molecule has 192 valence electrons. The monoisotopic (exact) mass is 517 g/mol. The number of hydrogen-bond donors (Lipinski definition) is 2. The van der Waals surface area contributed by atoms with Gasteiger partial charge in [-0.2, -0.15) is 13.2 Å². The number of carbonyl (C=O) groups is 1. The van der Waals surface area contributed by atoms with Crippen LogP contribution < -0.4 is 10.6 Å². The van der Waals surface area contributed by atoms with Gasteiger partial charge in [-0.3, -0.25) is 9.55 Å². The van der Waals surface area contributed by atoms with Gasteiger partial charge < -0.3 is 10.6 Å². The lowest BCUT2D eigenvalue weighted by molar-refractivity contribution is -0.138. The number of halogens is 3. The van der Waals surface area contributed by atoms with Gasteiger partial charge in [0.25, 0.3) is 0 Å². The molecule has 3 aromatic heterocycles. The summed E-state index contributed by atoms with van der Waals surface area (Å²) >= 11 is 0. The van der Waals surface area contributed by atoms with E-state index in [0.717, 1.165) is 29.4 Å². The van der Waals surface area contributed by atoms with E-state index in [4.69, 9.17) is 0 Å². The Labute approximate surface area is 215 Å². The van der Waals surface area contributed by atoms with Gasteiger partial charge in [0, 0.05) is 29.5 Å². The molecule has 0 atom stereocenters. The molecule has 0 bridgehead atoms. The summed E-state index contributed by atoms with van der Waals surface area (Å²) in [7, 11) is 0. The van der Waals surface area contributed by atoms with E-state index in [1.807, 2.05) is 11.5 Å². The molecule has 0 saturated heterocycles. The lowest BCUT2D eigenvalue weighted by Crippen LogP contribution is -2.20. The Morgan fingerprint density at radius 1 is 0.921 bits per heavy atom. The van der Waals surface area contributed by atoms with Crippen molar-refractivity contribution in [1.29, 1.82) is 0 Å². The van der Waals surface area contributed by atoms with Crippen LogP contribution in [0.4, 0.5) is 29.3 Å². The van der Waals surface area contributed by atoms with E-state index in [-0.39, 0.29) is 17.7 Å². The van der Waals surface area contributed by atoms with E-state index < -0.39 is 17.8 Å². The molecule has 5 rings (SSSR count). The van der Waals surface area contributed by atoms with Crippen molar-refractivity contribution in [3.05, 3.63) is 102 Å². The SMILES string of the molecule is CCc1ncnc2c1ncn2-c1ccc(NC(=O)Nc2ccc(Cc3ccncc3)c(C(F)(F)F)c2)cc1. The van der Waals surface area contributed by atoms with Crippen molar-refractivity contribution in [2.45, 2.75) is 25.9 Å². The smallest absolute Gasteiger partial charge is 0.308 e. The van der Waals surface area contributed by atoms with E-state index in [1.54, 1.807) is 42.7 Å². The van der Waals surface area contributed by atoms with Crippen LogP contribution in [0.5, 0.6) is 0 Å². The molecule has 2 aromatic carbocycles. The molecular weight excluding hydrogens is 495 g/mol. The second-order valence-electron chi connectivity index (χ2n) is 8.49. The molecule has 8 nitrogen and oxygen atoms in total. The highest BCUT2D eigenvalue weighted by Gasteiger charge is 2.33. The minimum absolute atomic E-state index is 0.0289. The first-order valence-electron chi connectivity index (χ1n) is 11.8. The van der Waals surface area contributed by atoms with Crippen molar-refractivity contribution in [3.8, 4) is 5.69 Å². The first-order valence-corrected chi connectivity index (χ1v) is 11.8. The Morgan fingerprint density at radius 3 is 2.34 bits per heavy atom. The number of aryl methyl sites for hydroxylation is 1. The van der Waals surface area contributed by atoms with Crippen LogP contribution in [0, 0.1) is 0 Å². The van der Waals surface area contributed by atoms with Crippen molar-refractivity contribution in [3.63, 3.8) is 0 Å². The summed E-state index contributed by atoms with van der Waals surface area (Å²) in [4.78, 5) is 29.4. The zero-order valence-electron chi connectivity index (χ0n) is 20.2. The molecule has 0 spiro atoms. The Bertz CT molecular complexity index is 1580. The van der Waals surface area contributed by atoms with Crippen molar-refractivity contribution in [2.75, 3.05) is 10.6 Å². The molecule has 5 aromatic rings. The molecule has 38 heavy (non-hydrogen) atoms. The number of urea groups is 1. The number of amides is 2. The zero-order chi connectivity index (χ0) is 26.7. The molecular formula is C27H22F3N7O. The number of anilines is 2. The summed E-state index contributed by atoms with van der Waals surface area (Å²) in [5, 5.41) is 5.12. The zero-order valence-corrected chi connectivity index (χ0v) is 20.2. The Hall–Kier alpha value is -4.80. The highest BCUT2D eigenvalue weighted by molar-refractivity contribution is 5.99. The normalized spacial score (nSPS) is 11.5. The number of alkyl halides is 3. The maximum atomic E-state index is 13.8. The topological polar surface area (TPSA) is 97.6 Å². The van der Waals surface area contributed by atoms with Gasteiger partial charge in [0.1, 0.15) is 18.2 Å². The van der Waals surface area contributed by atoms with E-state index in [2.05, 4.69) is 30.6 Å². The van der Waals surface area contributed by atoms with Gasteiger partial charge in [-0.05, 0) is 72.5 Å². The first kappa shape index (κ1) is 24.9. The Balaban J connectivity index is 1.29. The number of imidazole rings is 1. The number of benzene rings is 2. The number of rotatable bonds is 6. The molecule has 11 heteroatoms. The largest absolute Gasteiger partial charge is 0.416 e. The fourth-order valence-electron chi connectivity index (χ4n) is 4.12. The molecule has 0 unspecified atom stereocenters. The fraction of sp³-hybridized carbons (Fsp3) is 0.148. The Kier molecular flexibility index (Phi) is 6.73. The van der Waals surface area contributed by atoms with Crippen LogP contribution in [0.1, 0.15) is 29.3 Å². The number of nitrogens with one attached hydrogen (secondary N) is 2. The van der Waals surface area contributed by atoms with Gasteiger partial charge >= 0.3 is 12.2 Å². The third-order valence-corrected chi connectivity index (χ3v) is 5.96. The molecule has 0 aliphatic carbocycles. The lowest BCUT2D eigenvalue weighted by Gasteiger charge is -2.15. The molecule has 2 N–H and O–H groups in total. The highest BCUT2D eigenvalue weighted by Crippen LogP contribution is 2.35. The standard InChI is InChI=1S/C27H22F3N7O/c1-2-23-24-25(33-15-32-23)37(16-34-24)21-7-5-19(6-8-21)35-26(38)36-20-4-3-18(22(14-20)27(28,29)30)13-17-9-11-31-12-10-17/h3-12,14-16H,2,13H2,1H3,(H2,35,36,38). The third-order valence-electron chi connectivity index (χ3n) is 5.96. The average Bonchev–Trinajstić information content (AvgIpc) is 3.34. The van der Waals surface area contributed by atoms with E-state index in [1.165, 1.54) is 30.9 Å². The molecule has 0 saturated carbocycles. The van der Waals surface area contributed by atoms with Crippen LogP contribution >= 0.6 is 0 Å². The van der Waals surface area contributed by atoms with Gasteiger partial charge in [0.2, 0.25) is 0 Å². The molecule has 0 radical (unpaired) electrons. The fourth-order valence-corrected chi connectivity index (χ4v) is 4.12. The number of fused-ring (bicyclic) bond motifs is 1. The predicted molar refractivity (Wildman–Crippen MR) is 137 cm³/mol. The van der Waals surface area contributed by atoms with Gasteiger partial charge in [-0.1, -0.05) is 13.0 Å². The van der Waals surface area contributed by atoms with Crippen LogP contribution in [0.15, 0.2) is 79.6 Å². The summed E-state index contributed by atoms with van der Waals surface area (Å²) in [6, 6.07) is 13.3. The maximum Gasteiger partial charge on any atom is 0.416 e. The second kappa shape index (κ2) is 10.3. The predicted octanol–water partition coefficient (Wildman–Crippen LogP) is 6.03. The summed E-state index contributed by atoms with van der Waals surface area (Å²) in [5.41, 5.74) is 3.51. The first-order chi connectivity index (χ1) is 18.3. The molecule has 3 heterocycles. The molecule has 0 fully saturated rings. The number of pyridine rings is 1. The number of hydrogen-bond acceptors (Lipinski definition) is 5. The number of carbonyl (C=O) groups excluding carboxylic acids is 1. The molecule has 0 aliphatic rings. The van der Waals surface area contributed by atoms with Gasteiger partial charge in [-0.25, -0.2) is 19.7 Å². The Morgan fingerprint density at radius 2 is 1.63 bits per heavy atom. The van der Waals surface area contributed by atoms with Crippen molar-refractivity contribution >= 4 is 28.6 Å². The van der Waals surface area contributed by atoms with Gasteiger partial charge in [0.05, 0.1) is 11.3 Å². The van der Waals surface area contributed by atoms with Crippen molar-refractivity contribution in [1.82, 2.24) is 24.5 Å². The van der Waals surface area contributed by atoms with Crippen molar-refractivity contribution in [2.24, 2.45) is 0 Å². The van der Waals surface area contributed by atoms with Crippen LogP contribution in [-0.2, 0) is 19.0 Å². The van der Waals surface area contributed by atoms with Crippen LogP contribution in [-0.4, -0.2) is 30.5 Å². The summed E-state index contributed by atoms with van der Waals surface area (Å²) < 4.78 is 43.1. The minimum Gasteiger partial charge on any atom is -0.308 e. The quantitative estimate of drug-likeness (QED) is 0.287. The van der Waals surface area contributed by atoms with Crippen LogP contribution in [0.25, 0.3) is 16.9 Å². The van der Waals surface area contributed by atoms with E-state index in [9.17, 15) is 18.0 Å². The van der Waals surface area contributed by atoms with E-state index in [0.29, 0.717) is 16.9 Å². The van der Waals surface area contributed by atoms with Gasteiger partial charge in [0.15, 0.2) is 5.65 Å². The lowest BCUT2D eigenvalue weighted by atomic mass is 9.99. The van der Waals surface area contributed by atoms with Crippen LogP contribution in [0.2, 0.25) is 0 Å². The molecule has 2 amide bonds. The summed E-state index contributed by atoms with van der Waals surface area (Å²) in [6.07, 6.45) is 2.46. The maximum absolute atomic E-state index is 13.8. The minimum atomic E-state index is -4.58. The highest BCUT2D eigenvalue weighted by atomic mass is 19.4. The second-order valence-corrected chi connectivity index (χ2v) is 8.49. The van der Waals surface area contributed by atoms with E-state index >= 15 is 0 Å².